The van der Waals surface area contributed by atoms with Crippen LogP contribution in [0.2, 0.25) is 0 Å². The molecular formula is C40H70N2O13. The number of rotatable bonds is 9. The van der Waals surface area contributed by atoms with E-state index in [2.05, 4.69) is 11.1 Å². The van der Waals surface area contributed by atoms with Gasteiger partial charge in [0.15, 0.2) is 12.6 Å². The molecule has 0 spiro atoms. The predicted octanol–water partition coefficient (Wildman–Crippen LogP) is 2.44. The number of aliphatic hydroxyl groups is 5. The minimum atomic E-state index is -1.98. The molecule has 0 aromatic carbocycles. The molecule has 0 saturated carbocycles. The lowest BCUT2D eigenvalue weighted by atomic mass is 9.73. The summed E-state index contributed by atoms with van der Waals surface area (Å²) in [7, 11) is 3.34. The summed E-state index contributed by atoms with van der Waals surface area (Å²) in [5.74, 6) is -1.71. The first kappa shape index (κ1) is 47.4. The smallest absolute Gasteiger partial charge is 0.311 e. The van der Waals surface area contributed by atoms with Crippen molar-refractivity contribution in [3.63, 3.8) is 0 Å². The maximum absolute atomic E-state index is 14.2. The number of hydrogen-bond donors (Lipinski definition) is 6. The van der Waals surface area contributed by atoms with Crippen LogP contribution in [0, 0.1) is 36.0 Å². The van der Waals surface area contributed by atoms with Crippen LogP contribution in [0.5, 0.6) is 0 Å². The van der Waals surface area contributed by atoms with Crippen LogP contribution in [0.4, 0.5) is 0 Å². The predicted molar refractivity (Wildman–Crippen MR) is 203 cm³/mol. The van der Waals surface area contributed by atoms with E-state index in [1.807, 2.05) is 18.9 Å². The Hall–Kier alpha value is -1.94. The van der Waals surface area contributed by atoms with Gasteiger partial charge in [-0.05, 0) is 67.9 Å². The first-order chi connectivity index (χ1) is 25.5. The number of carbonyl (C=O) groups is 1. The second-order valence-electron chi connectivity index (χ2n) is 17.1. The van der Waals surface area contributed by atoms with Gasteiger partial charge in [-0.2, -0.15) is 0 Å². The molecule has 3 saturated heterocycles. The minimum Gasteiger partial charge on any atom is -0.459 e. The summed E-state index contributed by atoms with van der Waals surface area (Å²) < 4.78 is 37.4. The summed E-state index contributed by atoms with van der Waals surface area (Å²) in [6.45, 7) is 17.1. The Balaban J connectivity index is 2.21. The van der Waals surface area contributed by atoms with Crippen LogP contribution in [0.1, 0.15) is 101 Å². The molecule has 3 heterocycles. The lowest BCUT2D eigenvalue weighted by molar-refractivity contribution is -0.318. The van der Waals surface area contributed by atoms with E-state index in [1.54, 1.807) is 55.4 Å². The Bertz CT molecular complexity index is 1320. The van der Waals surface area contributed by atoms with Gasteiger partial charge in [-0.25, -0.2) is 0 Å². The fraction of sp³-hybridized carbons (Fsp3) is 0.900. The third-order valence-electron chi connectivity index (χ3n) is 12.5. The van der Waals surface area contributed by atoms with Crippen molar-refractivity contribution in [1.29, 1.82) is 0 Å². The van der Waals surface area contributed by atoms with Gasteiger partial charge in [-0.1, -0.05) is 32.9 Å². The normalized spacial score (nSPS) is 47.5. The number of terminal acetylenes is 1. The van der Waals surface area contributed by atoms with Crippen LogP contribution in [0.15, 0.2) is 5.16 Å². The molecule has 3 aliphatic heterocycles. The van der Waals surface area contributed by atoms with Gasteiger partial charge < -0.3 is 59.2 Å². The summed E-state index contributed by atoms with van der Waals surface area (Å²) in [4.78, 5) is 16.2. The number of cyclic esters (lactones) is 1. The zero-order valence-electron chi connectivity index (χ0n) is 34.9. The highest BCUT2D eigenvalue weighted by Crippen LogP contribution is 2.41. The van der Waals surface area contributed by atoms with E-state index in [1.165, 1.54) is 14.0 Å². The lowest BCUT2D eigenvalue weighted by Crippen LogP contribution is -2.61. The third-order valence-corrected chi connectivity index (χ3v) is 12.5. The van der Waals surface area contributed by atoms with E-state index in [0.29, 0.717) is 19.4 Å². The molecule has 0 bridgehead atoms. The molecule has 318 valence electrons. The van der Waals surface area contributed by atoms with Crippen molar-refractivity contribution in [2.75, 3.05) is 20.7 Å². The van der Waals surface area contributed by atoms with Crippen molar-refractivity contribution >= 4 is 11.7 Å². The third kappa shape index (κ3) is 10.6. The van der Waals surface area contributed by atoms with Crippen molar-refractivity contribution in [1.82, 2.24) is 4.90 Å². The molecule has 55 heavy (non-hydrogen) atoms. The zero-order chi connectivity index (χ0) is 41.8. The average Bonchev–Trinajstić information content (AvgIpc) is 3.12. The van der Waals surface area contributed by atoms with Gasteiger partial charge in [-0.3, -0.25) is 9.69 Å². The second kappa shape index (κ2) is 19.2. The van der Waals surface area contributed by atoms with E-state index in [0.717, 1.165) is 0 Å². The number of likely N-dealkylation sites (N-methyl/N-ethyl adjacent to an activating group) is 1. The van der Waals surface area contributed by atoms with Crippen molar-refractivity contribution in [2.24, 2.45) is 28.8 Å². The van der Waals surface area contributed by atoms with Crippen LogP contribution in [-0.4, -0.2) is 152 Å². The van der Waals surface area contributed by atoms with E-state index in [4.69, 9.17) is 34.8 Å². The molecule has 18 atom stereocenters. The molecule has 0 aromatic heterocycles. The highest BCUT2D eigenvalue weighted by atomic mass is 16.7. The van der Waals surface area contributed by atoms with E-state index in [-0.39, 0.29) is 31.1 Å². The Morgan fingerprint density at radius 2 is 1.62 bits per heavy atom. The molecule has 3 unspecified atom stereocenters. The topological polar surface area (TPSA) is 209 Å². The number of ether oxygens (including phenoxy) is 6. The molecule has 0 amide bonds. The maximum Gasteiger partial charge on any atom is 0.311 e. The summed E-state index contributed by atoms with van der Waals surface area (Å²) >= 11 is 0. The number of nitrogens with zero attached hydrogens (tertiary/aromatic N) is 2. The molecule has 15 heteroatoms. The standard InChI is InChI=1S/C40H70N2O13/c1-14-16-17-42(12)27-18-22(4)51-37(31(27)43)55-35-24(6)32(54-29-20-39(10,50-13)34(45)26(8)52-29)25(7)36(46)53-28(15-2)40(11,48)33(44)23(5)30(41-49)21(3)19-38(35,9)47/h1,21-29,31-35,37,43-45,47-49H,15-20H2,2-13H3/b41-30+/t21-,22-,23+,24?,25-,26+,27+,28-,29?,31-,32+,33-,34+,35-,37?,38-,39-,40-/m1/s1. The second-order valence-corrected chi connectivity index (χ2v) is 17.1. The molecule has 0 aliphatic carbocycles. The van der Waals surface area contributed by atoms with Gasteiger partial charge in [0.2, 0.25) is 0 Å². The molecule has 3 rings (SSSR count). The van der Waals surface area contributed by atoms with Gasteiger partial charge in [-0.15, -0.1) is 12.3 Å². The lowest BCUT2D eigenvalue weighted by Gasteiger charge is -2.49. The number of esters is 1. The number of carbonyl (C=O) groups excluding carboxylic acids is 1. The minimum absolute atomic E-state index is 0.0826. The first-order valence-electron chi connectivity index (χ1n) is 19.7. The maximum atomic E-state index is 14.2. The van der Waals surface area contributed by atoms with E-state index >= 15 is 0 Å². The summed E-state index contributed by atoms with van der Waals surface area (Å²) in [6, 6.07) is -0.398. The highest BCUT2D eigenvalue weighted by Gasteiger charge is 2.53. The first-order valence-corrected chi connectivity index (χ1v) is 19.7. The van der Waals surface area contributed by atoms with Crippen LogP contribution in [-0.2, 0) is 33.2 Å². The van der Waals surface area contributed by atoms with Crippen LogP contribution >= 0.6 is 0 Å². The van der Waals surface area contributed by atoms with E-state index in [9.17, 15) is 35.5 Å². The fourth-order valence-electron chi connectivity index (χ4n) is 8.94. The molecule has 3 aliphatic rings. The quantitative estimate of drug-likeness (QED) is 0.0859. The Labute approximate surface area is 327 Å². The van der Waals surface area contributed by atoms with Gasteiger partial charge >= 0.3 is 5.97 Å². The number of aliphatic hydroxyl groups excluding tert-OH is 3. The molecule has 6 N–H and O–H groups in total. The molecule has 0 radical (unpaired) electrons. The Morgan fingerprint density at radius 3 is 2.18 bits per heavy atom. The summed E-state index contributed by atoms with van der Waals surface area (Å²) in [5.41, 5.74) is -4.75. The number of methoxy groups -OCH3 is 1. The van der Waals surface area contributed by atoms with Crippen LogP contribution in [0.25, 0.3) is 0 Å². The Morgan fingerprint density at radius 1 is 0.982 bits per heavy atom. The van der Waals surface area contributed by atoms with Crippen LogP contribution in [0.3, 0.4) is 0 Å². The van der Waals surface area contributed by atoms with Gasteiger partial charge in [0.1, 0.15) is 23.9 Å². The van der Waals surface area contributed by atoms with Crippen molar-refractivity contribution in [3.8, 4) is 12.3 Å². The van der Waals surface area contributed by atoms with Gasteiger partial charge in [0, 0.05) is 50.3 Å². The van der Waals surface area contributed by atoms with Crippen molar-refractivity contribution in [3.05, 3.63) is 0 Å². The Kier molecular flexibility index (Phi) is 16.6. The summed E-state index contributed by atoms with van der Waals surface area (Å²) in [6.07, 6.45) is -3.89. The average molecular weight is 787 g/mol. The molecular weight excluding hydrogens is 716 g/mol. The summed E-state index contributed by atoms with van der Waals surface area (Å²) in [5, 5.41) is 72.3. The van der Waals surface area contributed by atoms with Crippen molar-refractivity contribution in [2.45, 2.75) is 186 Å². The molecule has 15 nitrogen and oxygen atoms in total. The van der Waals surface area contributed by atoms with Gasteiger partial charge in [0.25, 0.3) is 0 Å². The van der Waals surface area contributed by atoms with Crippen LogP contribution < -0.4 is 0 Å². The molecule has 0 aromatic rings. The molecule has 3 fully saturated rings. The SMILES string of the molecule is C#CCCN(C)[C@H]1C[C@@H](C)OC(O[C@@H]2C(C)[C@H](OC3C[C@@](C)(OC)[C@@H](O)[C@H](C)O3)[C@@H](C)C(=O)O[C@H](CC)[C@@](C)(O)[C@H](O)[C@@H](C)/C(=N/O)[C@H](C)C[C@@]2(C)O)[C@@H]1O. The highest BCUT2D eigenvalue weighted by molar-refractivity contribution is 5.88. The zero-order valence-corrected chi connectivity index (χ0v) is 34.9. The fourth-order valence-corrected chi connectivity index (χ4v) is 8.94. The number of oxime groups is 1. The van der Waals surface area contributed by atoms with Gasteiger partial charge in [0.05, 0.1) is 53.4 Å². The largest absolute Gasteiger partial charge is 0.459 e. The van der Waals surface area contributed by atoms with E-state index < -0.39 is 108 Å². The van der Waals surface area contributed by atoms with Crippen molar-refractivity contribution < 1.29 is 64.0 Å². The monoisotopic (exact) mass is 786 g/mol. The number of hydrogen-bond acceptors (Lipinski definition) is 15.